The molecule has 1 N–H and O–H groups in total. The van der Waals surface area contributed by atoms with Crippen LogP contribution in [-0.4, -0.2) is 67.0 Å². The van der Waals surface area contributed by atoms with Gasteiger partial charge in [-0.2, -0.15) is 0 Å². The molecule has 1 aromatic rings. The smallest absolute Gasteiger partial charge is 0.260 e. The van der Waals surface area contributed by atoms with Crippen LogP contribution in [-0.2, 0) is 16.0 Å². The number of hydrogen-bond acceptors (Lipinski definition) is 4. The van der Waals surface area contributed by atoms with Crippen LogP contribution in [0.2, 0.25) is 0 Å². The molecule has 1 aliphatic heterocycles. The van der Waals surface area contributed by atoms with Crippen LogP contribution < -0.4 is 10.1 Å². The monoisotopic (exact) mass is 347 g/mol. The topological polar surface area (TPSA) is 61.9 Å². The van der Waals surface area contributed by atoms with Gasteiger partial charge in [0.15, 0.2) is 6.61 Å². The molecule has 138 valence electrons. The Morgan fingerprint density at radius 1 is 1.12 bits per heavy atom. The second-order valence-corrected chi connectivity index (χ2v) is 6.67. The number of hydrogen-bond donors (Lipinski definition) is 1. The Morgan fingerprint density at radius 3 is 2.32 bits per heavy atom. The molecule has 6 heteroatoms. The van der Waals surface area contributed by atoms with Crippen molar-refractivity contribution in [1.82, 2.24) is 15.1 Å². The normalized spacial score (nSPS) is 15.3. The van der Waals surface area contributed by atoms with Crippen molar-refractivity contribution in [3.8, 4) is 5.75 Å². The first-order valence-electron chi connectivity index (χ1n) is 8.99. The lowest BCUT2D eigenvalue weighted by Crippen LogP contribution is -2.52. The molecular weight excluding hydrogens is 318 g/mol. The lowest BCUT2D eigenvalue weighted by Gasteiger charge is -2.34. The molecule has 6 nitrogen and oxygen atoms in total. The molecule has 2 rings (SSSR count). The van der Waals surface area contributed by atoms with Gasteiger partial charge in [0, 0.05) is 32.2 Å². The zero-order valence-corrected chi connectivity index (χ0v) is 15.5. The molecule has 25 heavy (non-hydrogen) atoms. The molecule has 0 radical (unpaired) electrons. The van der Waals surface area contributed by atoms with Gasteiger partial charge < -0.3 is 15.0 Å². The fourth-order valence-corrected chi connectivity index (χ4v) is 2.78. The fraction of sp³-hybridized carbons (Fsp3) is 0.579. The molecule has 0 aliphatic carbocycles. The van der Waals surface area contributed by atoms with E-state index in [0.717, 1.165) is 12.2 Å². The maximum Gasteiger partial charge on any atom is 0.260 e. The first kappa shape index (κ1) is 19.2. The maximum atomic E-state index is 12.3. The molecule has 1 saturated heterocycles. The molecule has 0 bridgehead atoms. The van der Waals surface area contributed by atoms with E-state index in [4.69, 9.17) is 4.74 Å². The van der Waals surface area contributed by atoms with E-state index in [1.54, 1.807) is 4.90 Å². The predicted octanol–water partition coefficient (Wildman–Crippen LogP) is 1.30. The number of carbonyl (C=O) groups is 2. The lowest BCUT2D eigenvalue weighted by molar-refractivity contribution is -0.135. The largest absolute Gasteiger partial charge is 0.484 e. The first-order valence-corrected chi connectivity index (χ1v) is 8.99. The van der Waals surface area contributed by atoms with Crippen molar-refractivity contribution in [3.63, 3.8) is 0 Å². The number of rotatable bonds is 7. The summed E-state index contributed by atoms with van der Waals surface area (Å²) in [6.07, 6.45) is 0.985. The van der Waals surface area contributed by atoms with E-state index < -0.39 is 0 Å². The number of amides is 2. The summed E-state index contributed by atoms with van der Waals surface area (Å²) in [7, 11) is 0. The second kappa shape index (κ2) is 9.42. The van der Waals surface area contributed by atoms with E-state index in [1.165, 1.54) is 5.56 Å². The van der Waals surface area contributed by atoms with Crippen molar-refractivity contribution in [2.24, 2.45) is 0 Å². The van der Waals surface area contributed by atoms with Gasteiger partial charge >= 0.3 is 0 Å². The van der Waals surface area contributed by atoms with Gasteiger partial charge in [0.25, 0.3) is 5.91 Å². The summed E-state index contributed by atoms with van der Waals surface area (Å²) in [5.74, 6) is 0.744. The summed E-state index contributed by atoms with van der Waals surface area (Å²) in [4.78, 5) is 27.9. The molecule has 1 fully saturated rings. The Kier molecular flexibility index (Phi) is 7.25. The van der Waals surface area contributed by atoms with Crippen molar-refractivity contribution in [2.45, 2.75) is 33.2 Å². The third-order valence-electron chi connectivity index (χ3n) is 4.24. The Labute approximate surface area is 150 Å². The van der Waals surface area contributed by atoms with Gasteiger partial charge in [0.05, 0.1) is 6.54 Å². The molecule has 0 aromatic heterocycles. The SMILES string of the molecule is CCc1ccc(OCC(=O)N2CCN(CC(=O)NC(C)C)CC2)cc1. The van der Waals surface area contributed by atoms with Gasteiger partial charge in [-0.25, -0.2) is 0 Å². The minimum atomic E-state index is -0.00847. The molecule has 1 heterocycles. The van der Waals surface area contributed by atoms with Crippen molar-refractivity contribution in [3.05, 3.63) is 29.8 Å². The van der Waals surface area contributed by atoms with Crippen molar-refractivity contribution in [1.29, 1.82) is 0 Å². The Balaban J connectivity index is 1.70. The van der Waals surface area contributed by atoms with Crippen molar-refractivity contribution >= 4 is 11.8 Å². The third-order valence-corrected chi connectivity index (χ3v) is 4.24. The molecule has 2 amide bonds. The van der Waals surface area contributed by atoms with Gasteiger partial charge in [-0.1, -0.05) is 19.1 Å². The Bertz CT molecular complexity index is 564. The van der Waals surface area contributed by atoms with E-state index >= 15 is 0 Å². The van der Waals surface area contributed by atoms with Gasteiger partial charge in [0.2, 0.25) is 5.91 Å². The lowest BCUT2D eigenvalue weighted by atomic mass is 10.2. The summed E-state index contributed by atoms with van der Waals surface area (Å²) in [5, 5.41) is 2.89. The molecular formula is C19H29N3O3. The standard InChI is InChI=1S/C19H29N3O3/c1-4-16-5-7-17(8-6-16)25-14-19(24)22-11-9-21(10-12-22)13-18(23)20-15(2)3/h5-8,15H,4,9-14H2,1-3H3,(H,20,23). The van der Waals surface area contributed by atoms with E-state index in [1.807, 2.05) is 38.1 Å². The second-order valence-electron chi connectivity index (χ2n) is 6.67. The van der Waals surface area contributed by atoms with Gasteiger partial charge in [-0.15, -0.1) is 0 Å². The highest BCUT2D eigenvalue weighted by Gasteiger charge is 2.22. The number of nitrogens with one attached hydrogen (secondary N) is 1. The van der Waals surface area contributed by atoms with Crippen LogP contribution in [0.5, 0.6) is 5.75 Å². The van der Waals surface area contributed by atoms with Crippen LogP contribution in [0, 0.1) is 0 Å². The van der Waals surface area contributed by atoms with Gasteiger partial charge in [-0.05, 0) is 38.0 Å². The zero-order chi connectivity index (χ0) is 18.2. The Morgan fingerprint density at radius 2 is 1.76 bits per heavy atom. The summed E-state index contributed by atoms with van der Waals surface area (Å²) >= 11 is 0. The highest BCUT2D eigenvalue weighted by atomic mass is 16.5. The van der Waals surface area contributed by atoms with E-state index in [9.17, 15) is 9.59 Å². The minimum Gasteiger partial charge on any atom is -0.484 e. The van der Waals surface area contributed by atoms with E-state index in [2.05, 4.69) is 17.1 Å². The van der Waals surface area contributed by atoms with Crippen molar-refractivity contribution < 1.29 is 14.3 Å². The quantitative estimate of drug-likeness (QED) is 0.808. The maximum absolute atomic E-state index is 12.3. The third kappa shape index (κ3) is 6.38. The van der Waals surface area contributed by atoms with E-state index in [-0.39, 0.29) is 24.5 Å². The number of piperazine rings is 1. The zero-order valence-electron chi connectivity index (χ0n) is 15.5. The molecule has 0 unspecified atom stereocenters. The van der Waals surface area contributed by atoms with Crippen molar-refractivity contribution in [2.75, 3.05) is 39.3 Å². The van der Waals surface area contributed by atoms with Crippen LogP contribution in [0.15, 0.2) is 24.3 Å². The molecule has 0 atom stereocenters. The van der Waals surface area contributed by atoms with E-state index in [0.29, 0.717) is 32.7 Å². The average molecular weight is 347 g/mol. The molecule has 1 aromatic carbocycles. The number of nitrogens with zero attached hydrogens (tertiary/aromatic N) is 2. The predicted molar refractivity (Wildman–Crippen MR) is 97.6 cm³/mol. The molecule has 0 saturated carbocycles. The van der Waals surface area contributed by atoms with Crippen LogP contribution >= 0.6 is 0 Å². The first-order chi connectivity index (χ1) is 12.0. The summed E-state index contributed by atoms with van der Waals surface area (Å²) in [6.45, 7) is 9.13. The number of aryl methyl sites for hydroxylation is 1. The van der Waals surface area contributed by atoms with Crippen LogP contribution in [0.25, 0.3) is 0 Å². The number of ether oxygens (including phenoxy) is 1. The molecule has 0 spiro atoms. The number of carbonyl (C=O) groups excluding carboxylic acids is 2. The van der Waals surface area contributed by atoms with Gasteiger partial charge in [-0.3, -0.25) is 14.5 Å². The summed E-state index contributed by atoms with van der Waals surface area (Å²) in [6, 6.07) is 7.98. The minimum absolute atomic E-state index is 0.00847. The van der Waals surface area contributed by atoms with Crippen LogP contribution in [0.4, 0.5) is 0 Å². The fourth-order valence-electron chi connectivity index (χ4n) is 2.78. The van der Waals surface area contributed by atoms with Crippen LogP contribution in [0.3, 0.4) is 0 Å². The highest BCUT2D eigenvalue weighted by Crippen LogP contribution is 2.13. The highest BCUT2D eigenvalue weighted by molar-refractivity contribution is 5.79. The molecule has 1 aliphatic rings. The summed E-state index contributed by atoms with van der Waals surface area (Å²) < 4.78 is 5.59. The summed E-state index contributed by atoms with van der Waals surface area (Å²) in [5.41, 5.74) is 1.25. The number of benzene rings is 1. The Hall–Kier alpha value is -2.08. The van der Waals surface area contributed by atoms with Gasteiger partial charge in [0.1, 0.15) is 5.75 Å². The van der Waals surface area contributed by atoms with Crippen LogP contribution in [0.1, 0.15) is 26.3 Å². The average Bonchev–Trinajstić information content (AvgIpc) is 2.60.